The lowest BCUT2D eigenvalue weighted by molar-refractivity contribution is -0.0292. The first-order valence-electron chi connectivity index (χ1n) is 4.25. The summed E-state index contributed by atoms with van der Waals surface area (Å²) < 4.78 is 27.7. The van der Waals surface area contributed by atoms with Gasteiger partial charge in [0.05, 0.1) is 0 Å². The fourth-order valence-corrected chi connectivity index (χ4v) is 1.95. The summed E-state index contributed by atoms with van der Waals surface area (Å²) >= 11 is 3.15. The minimum absolute atomic E-state index is 0.123. The Kier molecular flexibility index (Phi) is 2.14. The number of hydrogen-bond acceptors (Lipinski definition) is 0. The number of halogens is 3. The van der Waals surface area contributed by atoms with Crippen LogP contribution in [0, 0.1) is 5.92 Å². The maximum Gasteiger partial charge on any atom is 0.277 e. The molecule has 0 aromatic heterocycles. The zero-order valence-electron chi connectivity index (χ0n) is 6.93. The molecule has 0 N–H and O–H groups in total. The van der Waals surface area contributed by atoms with Crippen LogP contribution in [0.25, 0.3) is 0 Å². The Balaban J connectivity index is 2.38. The van der Waals surface area contributed by atoms with Gasteiger partial charge in [-0.3, -0.25) is 0 Å². The molecule has 70 valence electrons. The van der Waals surface area contributed by atoms with Gasteiger partial charge < -0.3 is 0 Å². The van der Waals surface area contributed by atoms with E-state index in [0.717, 1.165) is 0 Å². The van der Waals surface area contributed by atoms with E-state index in [2.05, 4.69) is 15.9 Å². The Morgan fingerprint density at radius 3 is 2.38 bits per heavy atom. The molecule has 2 rings (SSSR count). The topological polar surface area (TPSA) is 0 Å². The standard InChI is InChI=1S/C10H9BrF2/c11-9-4-2-1-3-8(9)10(12,13)7-5-6-7/h1-4,7H,5-6H2. The van der Waals surface area contributed by atoms with Crippen LogP contribution in [-0.2, 0) is 5.92 Å². The van der Waals surface area contributed by atoms with Gasteiger partial charge in [0, 0.05) is 16.0 Å². The molecule has 1 aromatic rings. The quantitative estimate of drug-likeness (QED) is 0.742. The largest absolute Gasteiger partial charge is 0.277 e. The van der Waals surface area contributed by atoms with Crippen LogP contribution >= 0.6 is 15.9 Å². The predicted octanol–water partition coefficient (Wildman–Crippen LogP) is 3.95. The third-order valence-electron chi connectivity index (χ3n) is 2.32. The van der Waals surface area contributed by atoms with Crippen molar-refractivity contribution >= 4 is 15.9 Å². The van der Waals surface area contributed by atoms with Crippen molar-refractivity contribution in [1.82, 2.24) is 0 Å². The van der Waals surface area contributed by atoms with Gasteiger partial charge in [-0.15, -0.1) is 0 Å². The van der Waals surface area contributed by atoms with Crippen molar-refractivity contribution in [3.8, 4) is 0 Å². The minimum Gasteiger partial charge on any atom is -0.201 e. The molecule has 0 radical (unpaired) electrons. The van der Waals surface area contributed by atoms with E-state index in [1.165, 1.54) is 6.07 Å². The lowest BCUT2D eigenvalue weighted by Crippen LogP contribution is -2.16. The van der Waals surface area contributed by atoms with E-state index in [1.54, 1.807) is 18.2 Å². The summed E-state index contributed by atoms with van der Waals surface area (Å²) in [5.74, 6) is -3.09. The predicted molar refractivity (Wildman–Crippen MR) is 50.8 cm³/mol. The molecule has 0 unspecified atom stereocenters. The van der Waals surface area contributed by atoms with Crippen molar-refractivity contribution in [2.45, 2.75) is 18.8 Å². The fourth-order valence-electron chi connectivity index (χ4n) is 1.40. The first-order chi connectivity index (χ1) is 6.12. The molecule has 0 atom stereocenters. The maximum atomic E-state index is 13.6. The molecule has 0 spiro atoms. The van der Waals surface area contributed by atoms with Crippen LogP contribution in [0.5, 0.6) is 0 Å². The lowest BCUT2D eigenvalue weighted by Gasteiger charge is -2.17. The number of hydrogen-bond donors (Lipinski definition) is 0. The zero-order chi connectivity index (χ0) is 9.47. The minimum atomic E-state index is -2.65. The molecule has 0 heterocycles. The van der Waals surface area contributed by atoms with Gasteiger partial charge in [-0.2, -0.15) is 0 Å². The van der Waals surface area contributed by atoms with E-state index >= 15 is 0 Å². The summed E-state index contributed by atoms with van der Waals surface area (Å²) in [7, 11) is 0. The van der Waals surface area contributed by atoms with Crippen LogP contribution < -0.4 is 0 Å². The van der Waals surface area contributed by atoms with E-state index in [9.17, 15) is 8.78 Å². The Hall–Kier alpha value is -0.440. The average Bonchev–Trinajstić information content (AvgIpc) is 2.86. The molecule has 13 heavy (non-hydrogen) atoms. The molecular formula is C10H9BrF2. The van der Waals surface area contributed by atoms with Crippen molar-refractivity contribution < 1.29 is 8.78 Å². The highest BCUT2D eigenvalue weighted by atomic mass is 79.9. The van der Waals surface area contributed by atoms with Gasteiger partial charge in [-0.05, 0) is 18.9 Å². The van der Waals surface area contributed by atoms with Gasteiger partial charge in [0.25, 0.3) is 5.92 Å². The van der Waals surface area contributed by atoms with Crippen LogP contribution in [0.1, 0.15) is 18.4 Å². The van der Waals surface area contributed by atoms with Crippen molar-refractivity contribution in [3.63, 3.8) is 0 Å². The molecule has 3 heteroatoms. The van der Waals surface area contributed by atoms with E-state index in [-0.39, 0.29) is 5.56 Å². The molecule has 1 aliphatic carbocycles. The SMILES string of the molecule is FC(F)(c1ccccc1Br)C1CC1. The molecule has 1 saturated carbocycles. The Labute approximate surface area is 84.1 Å². The van der Waals surface area contributed by atoms with Crippen molar-refractivity contribution in [3.05, 3.63) is 34.3 Å². The highest BCUT2D eigenvalue weighted by Gasteiger charge is 2.48. The van der Waals surface area contributed by atoms with Crippen LogP contribution in [0.3, 0.4) is 0 Å². The molecule has 1 aliphatic rings. The molecule has 0 bridgehead atoms. The van der Waals surface area contributed by atoms with Crippen molar-refractivity contribution in [1.29, 1.82) is 0 Å². The average molecular weight is 247 g/mol. The maximum absolute atomic E-state index is 13.6. The molecular weight excluding hydrogens is 238 g/mol. The van der Waals surface area contributed by atoms with Crippen LogP contribution in [0.15, 0.2) is 28.7 Å². The van der Waals surface area contributed by atoms with Gasteiger partial charge in [-0.1, -0.05) is 34.1 Å². The second-order valence-electron chi connectivity index (χ2n) is 3.38. The first-order valence-corrected chi connectivity index (χ1v) is 5.04. The number of benzene rings is 1. The zero-order valence-corrected chi connectivity index (χ0v) is 8.52. The van der Waals surface area contributed by atoms with E-state index in [0.29, 0.717) is 17.3 Å². The van der Waals surface area contributed by atoms with Gasteiger partial charge in [-0.25, -0.2) is 8.78 Å². The summed E-state index contributed by atoms with van der Waals surface area (Å²) in [6, 6.07) is 6.54. The van der Waals surface area contributed by atoms with Gasteiger partial charge in [0.2, 0.25) is 0 Å². The molecule has 0 amide bonds. The molecule has 0 saturated heterocycles. The lowest BCUT2D eigenvalue weighted by atomic mass is 10.0. The van der Waals surface area contributed by atoms with Crippen LogP contribution in [0.2, 0.25) is 0 Å². The Morgan fingerprint density at radius 2 is 1.85 bits per heavy atom. The van der Waals surface area contributed by atoms with Gasteiger partial charge >= 0.3 is 0 Å². The van der Waals surface area contributed by atoms with Crippen LogP contribution in [-0.4, -0.2) is 0 Å². The van der Waals surface area contributed by atoms with Crippen molar-refractivity contribution in [2.75, 3.05) is 0 Å². The Morgan fingerprint density at radius 1 is 1.23 bits per heavy atom. The number of rotatable bonds is 2. The monoisotopic (exact) mass is 246 g/mol. The van der Waals surface area contributed by atoms with Crippen LogP contribution in [0.4, 0.5) is 8.78 Å². The summed E-state index contributed by atoms with van der Waals surface area (Å²) in [4.78, 5) is 0. The molecule has 0 nitrogen and oxygen atoms in total. The second kappa shape index (κ2) is 3.05. The summed E-state index contributed by atoms with van der Waals surface area (Å²) in [5.41, 5.74) is 0.123. The third kappa shape index (κ3) is 1.62. The third-order valence-corrected chi connectivity index (χ3v) is 3.01. The normalized spacial score (nSPS) is 17.5. The van der Waals surface area contributed by atoms with E-state index < -0.39 is 11.8 Å². The first kappa shape index (κ1) is 9.13. The summed E-state index contributed by atoms with van der Waals surface area (Å²) in [6.07, 6.45) is 1.29. The number of alkyl halides is 2. The smallest absolute Gasteiger partial charge is 0.201 e. The molecule has 0 aliphatic heterocycles. The summed E-state index contributed by atoms with van der Waals surface area (Å²) in [5, 5.41) is 0. The summed E-state index contributed by atoms with van der Waals surface area (Å²) in [6.45, 7) is 0. The van der Waals surface area contributed by atoms with Crippen molar-refractivity contribution in [2.24, 2.45) is 5.92 Å². The van der Waals surface area contributed by atoms with Gasteiger partial charge in [0.15, 0.2) is 0 Å². The van der Waals surface area contributed by atoms with E-state index in [4.69, 9.17) is 0 Å². The molecule has 1 fully saturated rings. The van der Waals surface area contributed by atoms with Gasteiger partial charge in [0.1, 0.15) is 0 Å². The highest BCUT2D eigenvalue weighted by Crippen LogP contribution is 2.51. The fraction of sp³-hybridized carbons (Fsp3) is 0.400. The second-order valence-corrected chi connectivity index (χ2v) is 4.23. The Bertz CT molecular complexity index is 318. The molecule has 1 aromatic carbocycles. The highest BCUT2D eigenvalue weighted by molar-refractivity contribution is 9.10. The van der Waals surface area contributed by atoms with E-state index in [1.807, 2.05) is 0 Å².